The second-order valence-corrected chi connectivity index (χ2v) is 5.81. The van der Waals surface area contributed by atoms with Gasteiger partial charge >= 0.3 is 0 Å². The molecule has 0 saturated heterocycles. The van der Waals surface area contributed by atoms with Crippen molar-refractivity contribution in [2.45, 2.75) is 6.42 Å². The van der Waals surface area contributed by atoms with E-state index in [1.54, 1.807) is 36.4 Å². The number of nitrogens with one attached hydrogen (secondary N) is 2. The predicted molar refractivity (Wildman–Crippen MR) is 94.8 cm³/mol. The maximum Gasteiger partial charge on any atom is 0.292 e. The van der Waals surface area contributed by atoms with Crippen LogP contribution in [0.4, 0.5) is 11.4 Å². The molecular weight excluding hydrogens is 353 g/mol. The van der Waals surface area contributed by atoms with Gasteiger partial charge in [0.25, 0.3) is 5.69 Å². The van der Waals surface area contributed by atoms with Crippen LogP contribution in [0, 0.1) is 10.1 Å². The van der Waals surface area contributed by atoms with E-state index < -0.39 is 4.92 Å². The fourth-order valence-electron chi connectivity index (χ4n) is 2.08. The molecule has 1 amide bonds. The monoisotopic (exact) mass is 367 g/mol. The quantitative estimate of drug-likeness (QED) is 0.444. The maximum absolute atomic E-state index is 11.9. The number of nitro benzene ring substituents is 1. The number of benzene rings is 2. The van der Waals surface area contributed by atoms with Crippen molar-refractivity contribution >= 4 is 40.5 Å². The van der Waals surface area contributed by atoms with Crippen molar-refractivity contribution < 1.29 is 9.72 Å². The summed E-state index contributed by atoms with van der Waals surface area (Å²) in [6.07, 6.45) is 0.140. The number of carbonyl (C=O) groups excluding carboxylic acids is 1. The van der Waals surface area contributed by atoms with Gasteiger partial charge in [-0.15, -0.1) is 0 Å². The Morgan fingerprint density at radius 1 is 1.12 bits per heavy atom. The molecule has 0 saturated carbocycles. The van der Waals surface area contributed by atoms with Crippen molar-refractivity contribution in [3.05, 3.63) is 68.2 Å². The van der Waals surface area contributed by atoms with Crippen LogP contribution in [0.1, 0.15) is 5.56 Å². The van der Waals surface area contributed by atoms with Gasteiger partial charge in [-0.1, -0.05) is 41.4 Å². The minimum absolute atomic E-state index is 0.00299. The first kappa shape index (κ1) is 18.0. The van der Waals surface area contributed by atoms with E-state index in [9.17, 15) is 14.9 Å². The van der Waals surface area contributed by atoms with E-state index in [-0.39, 0.29) is 18.0 Å². The van der Waals surface area contributed by atoms with Crippen LogP contribution < -0.4 is 10.6 Å². The number of rotatable bonds is 7. The molecule has 0 aliphatic carbocycles. The van der Waals surface area contributed by atoms with Crippen molar-refractivity contribution in [1.29, 1.82) is 0 Å². The first-order chi connectivity index (χ1) is 11.5. The average Bonchev–Trinajstić information content (AvgIpc) is 2.54. The van der Waals surface area contributed by atoms with Gasteiger partial charge in [0.1, 0.15) is 5.69 Å². The minimum atomic E-state index is -0.455. The van der Waals surface area contributed by atoms with Crippen LogP contribution in [0.5, 0.6) is 0 Å². The first-order valence-electron chi connectivity index (χ1n) is 7.15. The highest BCUT2D eigenvalue weighted by atomic mass is 35.5. The van der Waals surface area contributed by atoms with E-state index in [0.29, 0.717) is 34.4 Å². The van der Waals surface area contributed by atoms with E-state index in [1.807, 2.05) is 0 Å². The molecule has 0 spiro atoms. The molecule has 0 bridgehead atoms. The highest BCUT2D eigenvalue weighted by Crippen LogP contribution is 2.23. The third-order valence-corrected chi connectivity index (χ3v) is 3.82. The number of hydrogen-bond donors (Lipinski definition) is 2. The zero-order valence-corrected chi connectivity index (χ0v) is 14.1. The lowest BCUT2D eigenvalue weighted by molar-refractivity contribution is -0.384. The van der Waals surface area contributed by atoms with Gasteiger partial charge in [0.05, 0.1) is 11.3 Å². The van der Waals surface area contributed by atoms with Crippen LogP contribution in [0.15, 0.2) is 42.5 Å². The molecule has 126 valence electrons. The summed E-state index contributed by atoms with van der Waals surface area (Å²) >= 11 is 11.8. The molecule has 0 atom stereocenters. The molecule has 2 aromatic rings. The Hall–Kier alpha value is -2.31. The van der Waals surface area contributed by atoms with Crippen LogP contribution in [-0.4, -0.2) is 23.9 Å². The van der Waals surface area contributed by atoms with Gasteiger partial charge in [-0.05, 0) is 23.8 Å². The Labute approximate surface area is 148 Å². The molecule has 0 aromatic heterocycles. The molecule has 0 aliphatic rings. The van der Waals surface area contributed by atoms with Gasteiger partial charge in [-0.3, -0.25) is 14.9 Å². The summed E-state index contributed by atoms with van der Waals surface area (Å²) in [6.45, 7) is 0.695. The number of amides is 1. The third-order valence-electron chi connectivity index (χ3n) is 3.23. The molecular formula is C16H15Cl2N3O3. The van der Waals surface area contributed by atoms with Gasteiger partial charge in [-0.2, -0.15) is 0 Å². The Balaban J connectivity index is 1.80. The lowest BCUT2D eigenvalue weighted by Gasteiger charge is -2.09. The Bertz CT molecular complexity index is 753. The molecule has 8 heteroatoms. The minimum Gasteiger partial charge on any atom is -0.378 e. The van der Waals surface area contributed by atoms with Gasteiger partial charge in [0, 0.05) is 29.2 Å². The number of carbonyl (C=O) groups is 1. The van der Waals surface area contributed by atoms with Crippen LogP contribution in [0.25, 0.3) is 0 Å². The summed E-state index contributed by atoms with van der Waals surface area (Å²) in [5, 5.41) is 17.5. The zero-order valence-electron chi connectivity index (χ0n) is 12.6. The van der Waals surface area contributed by atoms with Crippen LogP contribution in [0.3, 0.4) is 0 Å². The van der Waals surface area contributed by atoms with E-state index in [4.69, 9.17) is 23.2 Å². The van der Waals surface area contributed by atoms with E-state index in [1.165, 1.54) is 6.07 Å². The SMILES string of the molecule is O=C(Cc1ccc(Cl)cc1Cl)NCCNc1ccccc1[N+](=O)[O-]. The largest absolute Gasteiger partial charge is 0.378 e. The second kappa shape index (κ2) is 8.52. The molecule has 0 radical (unpaired) electrons. The highest BCUT2D eigenvalue weighted by molar-refractivity contribution is 6.35. The molecule has 6 nitrogen and oxygen atoms in total. The van der Waals surface area contributed by atoms with Gasteiger partial charge in [-0.25, -0.2) is 0 Å². The predicted octanol–water partition coefficient (Wildman–Crippen LogP) is 3.67. The fraction of sp³-hybridized carbons (Fsp3) is 0.188. The van der Waals surface area contributed by atoms with Crippen molar-refractivity contribution in [3.63, 3.8) is 0 Å². The Morgan fingerprint density at radius 3 is 2.58 bits per heavy atom. The molecule has 0 aliphatic heterocycles. The number of nitrogens with zero attached hydrogens (tertiary/aromatic N) is 1. The molecule has 2 N–H and O–H groups in total. The molecule has 24 heavy (non-hydrogen) atoms. The summed E-state index contributed by atoms with van der Waals surface area (Å²) in [7, 11) is 0. The van der Waals surface area contributed by atoms with Gasteiger partial charge < -0.3 is 10.6 Å². The Kier molecular flexibility index (Phi) is 6.40. The average molecular weight is 368 g/mol. The molecule has 0 heterocycles. The summed E-state index contributed by atoms with van der Waals surface area (Å²) in [5.74, 6) is -0.191. The lowest BCUT2D eigenvalue weighted by atomic mass is 10.1. The lowest BCUT2D eigenvalue weighted by Crippen LogP contribution is -2.30. The molecule has 0 fully saturated rings. The van der Waals surface area contributed by atoms with Crippen LogP contribution in [-0.2, 0) is 11.2 Å². The maximum atomic E-state index is 11.9. The number of para-hydroxylation sites is 2. The van der Waals surface area contributed by atoms with E-state index >= 15 is 0 Å². The summed E-state index contributed by atoms with van der Waals surface area (Å²) < 4.78 is 0. The van der Waals surface area contributed by atoms with E-state index in [2.05, 4.69) is 10.6 Å². The van der Waals surface area contributed by atoms with Crippen molar-refractivity contribution in [2.75, 3.05) is 18.4 Å². The highest BCUT2D eigenvalue weighted by Gasteiger charge is 2.11. The molecule has 2 aromatic carbocycles. The first-order valence-corrected chi connectivity index (χ1v) is 7.91. The smallest absolute Gasteiger partial charge is 0.292 e. The van der Waals surface area contributed by atoms with Crippen LogP contribution in [0.2, 0.25) is 10.0 Å². The molecule has 2 rings (SSSR count). The van der Waals surface area contributed by atoms with Crippen molar-refractivity contribution in [2.24, 2.45) is 0 Å². The molecule has 0 unspecified atom stereocenters. The fourth-order valence-corrected chi connectivity index (χ4v) is 2.56. The van der Waals surface area contributed by atoms with Crippen LogP contribution >= 0.6 is 23.2 Å². The second-order valence-electron chi connectivity index (χ2n) is 4.96. The third kappa shape index (κ3) is 5.11. The normalized spacial score (nSPS) is 10.2. The number of hydrogen-bond acceptors (Lipinski definition) is 4. The van der Waals surface area contributed by atoms with Gasteiger partial charge in [0.2, 0.25) is 5.91 Å². The van der Waals surface area contributed by atoms with Crippen molar-refractivity contribution in [1.82, 2.24) is 5.32 Å². The Morgan fingerprint density at radius 2 is 1.88 bits per heavy atom. The zero-order chi connectivity index (χ0) is 17.5. The number of anilines is 1. The standard InChI is InChI=1S/C16H15Cl2N3O3/c17-12-6-5-11(13(18)10-12)9-16(22)20-8-7-19-14-3-1-2-4-15(14)21(23)24/h1-6,10,19H,7-9H2,(H,20,22). The number of halogens is 2. The van der Waals surface area contributed by atoms with Gasteiger partial charge in [0.15, 0.2) is 0 Å². The summed E-state index contributed by atoms with van der Waals surface area (Å²) in [6, 6.07) is 11.3. The van der Waals surface area contributed by atoms with Crippen molar-refractivity contribution in [3.8, 4) is 0 Å². The summed E-state index contributed by atoms with van der Waals surface area (Å²) in [4.78, 5) is 22.3. The summed E-state index contributed by atoms with van der Waals surface area (Å²) in [5.41, 5.74) is 1.10. The topological polar surface area (TPSA) is 84.3 Å². The van der Waals surface area contributed by atoms with E-state index in [0.717, 1.165) is 0 Å². The number of nitro groups is 1.